The molecule has 0 aromatic carbocycles. The predicted octanol–water partition coefficient (Wildman–Crippen LogP) is -0.329. The zero-order valence-electron chi connectivity index (χ0n) is 8.29. The lowest BCUT2D eigenvalue weighted by Gasteiger charge is -2.14. The van der Waals surface area contributed by atoms with Crippen molar-refractivity contribution in [3.05, 3.63) is 29.6 Å². The van der Waals surface area contributed by atoms with Crippen LogP contribution in [0.5, 0.6) is 0 Å². The van der Waals surface area contributed by atoms with Crippen LogP contribution >= 0.6 is 0 Å². The molecule has 1 aromatic heterocycles. The molecule has 0 fully saturated rings. The lowest BCUT2D eigenvalue weighted by Crippen LogP contribution is -2.22. The van der Waals surface area contributed by atoms with Crippen LogP contribution < -0.4 is 0 Å². The van der Waals surface area contributed by atoms with Crippen LogP contribution in [-0.4, -0.2) is 38.8 Å². The van der Waals surface area contributed by atoms with E-state index in [-0.39, 0.29) is 11.5 Å². The first-order valence-corrected chi connectivity index (χ1v) is 4.50. The number of hydrogen-bond acceptors (Lipinski definition) is 5. The van der Waals surface area contributed by atoms with Crippen LogP contribution in [-0.2, 0) is 0 Å². The smallest absolute Gasteiger partial charge is 0.161 e. The number of aromatic nitrogens is 1. The molecule has 0 saturated heterocycles. The third-order valence-corrected chi connectivity index (χ3v) is 2.05. The van der Waals surface area contributed by atoms with Crippen molar-refractivity contribution < 1.29 is 20.1 Å². The van der Waals surface area contributed by atoms with E-state index in [0.717, 1.165) is 0 Å². The Labute approximate surface area is 87.0 Å². The molecule has 0 spiro atoms. The average Bonchev–Trinajstić information content (AvgIpc) is 2.27. The fourth-order valence-electron chi connectivity index (χ4n) is 1.09. The minimum absolute atomic E-state index is 0.119. The third-order valence-electron chi connectivity index (χ3n) is 2.05. The van der Waals surface area contributed by atoms with E-state index < -0.39 is 18.8 Å². The molecule has 0 aliphatic rings. The van der Waals surface area contributed by atoms with Crippen LogP contribution in [0.1, 0.15) is 29.1 Å². The van der Waals surface area contributed by atoms with E-state index in [1.165, 1.54) is 25.3 Å². The van der Waals surface area contributed by atoms with Crippen LogP contribution in [0.3, 0.4) is 0 Å². The lowest BCUT2D eigenvalue weighted by atomic mass is 10.1. The summed E-state index contributed by atoms with van der Waals surface area (Å²) in [5.74, 6) is -0.119. The van der Waals surface area contributed by atoms with Crippen LogP contribution in [0.15, 0.2) is 18.3 Å². The Morgan fingerprint density at radius 1 is 1.47 bits per heavy atom. The van der Waals surface area contributed by atoms with Crippen molar-refractivity contribution in [3.63, 3.8) is 0 Å². The van der Waals surface area contributed by atoms with Gasteiger partial charge in [0.1, 0.15) is 12.2 Å². The SMILES string of the molecule is CC(=O)c1ccc(C(O)C(O)CO)nc1. The number of pyridine rings is 1. The number of Topliss-reactive ketones (excluding diaryl/α,β-unsaturated/α-hetero) is 1. The Morgan fingerprint density at radius 3 is 2.53 bits per heavy atom. The first-order valence-electron chi connectivity index (χ1n) is 4.50. The fraction of sp³-hybridized carbons (Fsp3) is 0.400. The molecule has 1 aromatic rings. The topological polar surface area (TPSA) is 90.7 Å². The molecule has 1 heterocycles. The van der Waals surface area contributed by atoms with Crippen molar-refractivity contribution in [2.75, 3.05) is 6.61 Å². The van der Waals surface area contributed by atoms with Crippen molar-refractivity contribution in [1.29, 1.82) is 0 Å². The van der Waals surface area contributed by atoms with Crippen LogP contribution in [0.4, 0.5) is 0 Å². The van der Waals surface area contributed by atoms with Gasteiger partial charge in [-0.25, -0.2) is 0 Å². The van der Waals surface area contributed by atoms with Gasteiger partial charge in [-0.2, -0.15) is 0 Å². The molecular weight excluding hydrogens is 198 g/mol. The largest absolute Gasteiger partial charge is 0.394 e. The second kappa shape index (κ2) is 4.97. The number of aliphatic hydroxyl groups is 3. The van der Waals surface area contributed by atoms with E-state index in [2.05, 4.69) is 4.98 Å². The van der Waals surface area contributed by atoms with Crippen molar-refractivity contribution in [2.45, 2.75) is 19.1 Å². The summed E-state index contributed by atoms with van der Waals surface area (Å²) in [4.78, 5) is 14.8. The Kier molecular flexibility index (Phi) is 3.90. The number of rotatable bonds is 4. The second-order valence-electron chi connectivity index (χ2n) is 3.22. The van der Waals surface area contributed by atoms with Crippen molar-refractivity contribution >= 4 is 5.78 Å². The highest BCUT2D eigenvalue weighted by Gasteiger charge is 2.18. The van der Waals surface area contributed by atoms with Crippen LogP contribution in [0, 0.1) is 0 Å². The van der Waals surface area contributed by atoms with Gasteiger partial charge in [0, 0.05) is 11.8 Å². The molecule has 0 amide bonds. The summed E-state index contributed by atoms with van der Waals surface area (Å²) in [6, 6.07) is 2.96. The quantitative estimate of drug-likeness (QED) is 0.593. The number of hydrogen-bond donors (Lipinski definition) is 3. The maximum Gasteiger partial charge on any atom is 0.161 e. The molecule has 0 aliphatic carbocycles. The van der Waals surface area contributed by atoms with Gasteiger partial charge in [-0.1, -0.05) is 0 Å². The second-order valence-corrected chi connectivity index (χ2v) is 3.22. The molecule has 0 radical (unpaired) electrons. The summed E-state index contributed by atoms with van der Waals surface area (Å²) >= 11 is 0. The molecule has 3 N–H and O–H groups in total. The normalized spacial score (nSPS) is 14.7. The van der Waals surface area contributed by atoms with Crippen LogP contribution in [0.25, 0.3) is 0 Å². The summed E-state index contributed by atoms with van der Waals surface area (Å²) in [5, 5.41) is 27.2. The molecular formula is C10H13NO4. The zero-order chi connectivity index (χ0) is 11.4. The van der Waals surface area contributed by atoms with Gasteiger partial charge in [0.25, 0.3) is 0 Å². The standard InChI is InChI=1S/C10H13NO4/c1-6(13)7-2-3-8(11-4-7)10(15)9(14)5-12/h2-4,9-10,12,14-15H,5H2,1H3. The first kappa shape index (κ1) is 11.8. The maximum atomic E-state index is 10.9. The molecule has 15 heavy (non-hydrogen) atoms. The summed E-state index contributed by atoms with van der Waals surface area (Å²) < 4.78 is 0. The van der Waals surface area contributed by atoms with Gasteiger partial charge in [0.05, 0.1) is 12.3 Å². The zero-order valence-corrected chi connectivity index (χ0v) is 8.29. The van der Waals surface area contributed by atoms with E-state index >= 15 is 0 Å². The van der Waals surface area contributed by atoms with E-state index in [0.29, 0.717) is 5.56 Å². The Morgan fingerprint density at radius 2 is 2.13 bits per heavy atom. The molecule has 0 bridgehead atoms. The van der Waals surface area contributed by atoms with E-state index in [1.807, 2.05) is 0 Å². The maximum absolute atomic E-state index is 10.9. The van der Waals surface area contributed by atoms with Crippen LogP contribution in [0.2, 0.25) is 0 Å². The summed E-state index contributed by atoms with van der Waals surface area (Å²) in [7, 11) is 0. The Bertz CT molecular complexity index is 336. The van der Waals surface area contributed by atoms with Gasteiger partial charge >= 0.3 is 0 Å². The Balaban J connectivity index is 2.84. The first-order chi connectivity index (χ1) is 7.06. The van der Waals surface area contributed by atoms with E-state index in [1.54, 1.807) is 0 Å². The number of nitrogens with zero attached hydrogens (tertiary/aromatic N) is 1. The highest BCUT2D eigenvalue weighted by molar-refractivity contribution is 5.93. The molecule has 0 aliphatic heterocycles. The number of carbonyl (C=O) groups excluding carboxylic acids is 1. The number of carbonyl (C=O) groups is 1. The third kappa shape index (κ3) is 2.82. The summed E-state index contributed by atoms with van der Waals surface area (Å²) in [6.07, 6.45) is -1.18. The van der Waals surface area contributed by atoms with E-state index in [9.17, 15) is 9.90 Å². The number of ketones is 1. The van der Waals surface area contributed by atoms with Crippen molar-refractivity contribution in [1.82, 2.24) is 4.98 Å². The van der Waals surface area contributed by atoms with Gasteiger partial charge in [-0.05, 0) is 19.1 Å². The average molecular weight is 211 g/mol. The minimum Gasteiger partial charge on any atom is -0.394 e. The van der Waals surface area contributed by atoms with E-state index in [4.69, 9.17) is 10.2 Å². The monoisotopic (exact) mass is 211 g/mol. The summed E-state index contributed by atoms with van der Waals surface area (Å²) in [5.41, 5.74) is 0.658. The molecule has 1 rings (SSSR count). The predicted molar refractivity (Wildman–Crippen MR) is 52.3 cm³/mol. The highest BCUT2D eigenvalue weighted by atomic mass is 16.4. The molecule has 2 unspecified atom stereocenters. The lowest BCUT2D eigenvalue weighted by molar-refractivity contribution is -0.0172. The molecule has 82 valence electrons. The van der Waals surface area contributed by atoms with Gasteiger partial charge in [-0.15, -0.1) is 0 Å². The Hall–Kier alpha value is -1.30. The summed E-state index contributed by atoms with van der Waals surface area (Å²) in [6.45, 7) is 0.868. The van der Waals surface area contributed by atoms with Gasteiger partial charge in [-0.3, -0.25) is 9.78 Å². The van der Waals surface area contributed by atoms with Gasteiger partial charge in [0.15, 0.2) is 5.78 Å². The molecule has 5 nitrogen and oxygen atoms in total. The van der Waals surface area contributed by atoms with Gasteiger partial charge < -0.3 is 15.3 Å². The van der Waals surface area contributed by atoms with Crippen molar-refractivity contribution in [3.8, 4) is 0 Å². The minimum atomic E-state index is -1.26. The highest BCUT2D eigenvalue weighted by Crippen LogP contribution is 2.14. The molecule has 2 atom stereocenters. The molecule has 0 saturated carbocycles. The van der Waals surface area contributed by atoms with Crippen molar-refractivity contribution in [2.24, 2.45) is 0 Å². The fourth-order valence-corrected chi connectivity index (χ4v) is 1.09. The number of aliphatic hydroxyl groups excluding tert-OH is 3. The van der Waals surface area contributed by atoms with Gasteiger partial charge in [0.2, 0.25) is 0 Å². The molecule has 5 heteroatoms.